The van der Waals surface area contributed by atoms with Crippen molar-refractivity contribution in [1.29, 1.82) is 0 Å². The van der Waals surface area contributed by atoms with E-state index in [4.69, 9.17) is 9.84 Å². The van der Waals surface area contributed by atoms with Gasteiger partial charge in [0.05, 0.1) is 7.11 Å². The Morgan fingerprint density at radius 2 is 1.95 bits per heavy atom. The minimum atomic E-state index is -5.04. The molecule has 5 nitrogen and oxygen atoms in total. The normalized spacial score (nSPS) is 11.0. The first-order chi connectivity index (χ1) is 8.66. The molecule has 0 atom stereocenters. The fraction of sp³-hybridized carbons (Fsp3) is 0.200. The lowest BCUT2D eigenvalue weighted by atomic mass is 10.2. The second-order valence-corrected chi connectivity index (χ2v) is 4.15. The van der Waals surface area contributed by atoms with E-state index in [1.165, 1.54) is 0 Å². The van der Waals surface area contributed by atoms with E-state index in [0.29, 0.717) is 0 Å². The van der Waals surface area contributed by atoms with Crippen LogP contribution in [0.5, 0.6) is 5.75 Å². The number of amides is 1. The Morgan fingerprint density at radius 3 is 2.37 bits per heavy atom. The lowest BCUT2D eigenvalue weighted by molar-refractivity contribution is -0.167. The van der Waals surface area contributed by atoms with Gasteiger partial charge in [0.15, 0.2) is 0 Å². The van der Waals surface area contributed by atoms with Crippen LogP contribution in [0.15, 0.2) is 16.6 Å². The molecule has 0 aliphatic carbocycles. The summed E-state index contributed by atoms with van der Waals surface area (Å²) in [4.78, 5) is 21.7. The summed E-state index contributed by atoms with van der Waals surface area (Å²) in [6, 6.07) is 2.02. The Bertz CT molecular complexity index is 530. The number of methoxy groups -OCH3 is 1. The molecule has 19 heavy (non-hydrogen) atoms. The van der Waals surface area contributed by atoms with Crippen LogP contribution in [0.2, 0.25) is 0 Å². The van der Waals surface area contributed by atoms with Crippen molar-refractivity contribution in [2.24, 2.45) is 0 Å². The number of carboxylic acid groups (broad SMARTS) is 1. The monoisotopic (exact) mass is 341 g/mol. The van der Waals surface area contributed by atoms with Gasteiger partial charge < -0.3 is 15.2 Å². The smallest absolute Gasteiger partial charge is 0.471 e. The number of carbonyl (C=O) groups excluding carboxylic acids is 1. The highest BCUT2D eigenvalue weighted by Gasteiger charge is 2.38. The van der Waals surface area contributed by atoms with Gasteiger partial charge in [-0.2, -0.15) is 13.2 Å². The van der Waals surface area contributed by atoms with Crippen molar-refractivity contribution in [2.75, 3.05) is 12.4 Å². The Morgan fingerprint density at radius 1 is 1.37 bits per heavy atom. The fourth-order valence-electron chi connectivity index (χ4n) is 1.22. The van der Waals surface area contributed by atoms with Gasteiger partial charge in [-0.15, -0.1) is 0 Å². The van der Waals surface area contributed by atoms with E-state index >= 15 is 0 Å². The summed E-state index contributed by atoms with van der Waals surface area (Å²) in [5.74, 6) is -3.67. The molecule has 0 radical (unpaired) electrons. The fourth-order valence-corrected chi connectivity index (χ4v) is 1.84. The van der Waals surface area contributed by atoms with E-state index in [1.807, 2.05) is 0 Å². The van der Waals surface area contributed by atoms with Gasteiger partial charge in [-0.1, -0.05) is 0 Å². The molecule has 104 valence electrons. The molecular formula is C10H7BrF3NO4. The van der Waals surface area contributed by atoms with E-state index in [9.17, 15) is 22.8 Å². The molecule has 0 heterocycles. The van der Waals surface area contributed by atoms with Crippen molar-refractivity contribution in [1.82, 2.24) is 0 Å². The van der Waals surface area contributed by atoms with E-state index in [1.54, 1.807) is 5.32 Å². The lowest BCUT2D eigenvalue weighted by Crippen LogP contribution is -2.30. The minimum absolute atomic E-state index is 0.0168. The molecule has 0 fully saturated rings. The zero-order valence-corrected chi connectivity index (χ0v) is 10.9. The van der Waals surface area contributed by atoms with Crippen molar-refractivity contribution < 1.29 is 32.6 Å². The zero-order chi connectivity index (χ0) is 14.8. The van der Waals surface area contributed by atoms with Gasteiger partial charge in [0.2, 0.25) is 0 Å². The number of hydrogen-bond acceptors (Lipinski definition) is 3. The number of anilines is 1. The number of alkyl halides is 3. The molecule has 0 bridgehead atoms. The Labute approximate surface area is 113 Å². The summed E-state index contributed by atoms with van der Waals surface area (Å²) in [6.45, 7) is 0. The van der Waals surface area contributed by atoms with Crippen LogP contribution in [0.4, 0.5) is 18.9 Å². The number of carboxylic acids is 1. The van der Waals surface area contributed by atoms with Gasteiger partial charge >= 0.3 is 18.1 Å². The van der Waals surface area contributed by atoms with Crippen LogP contribution in [-0.2, 0) is 4.79 Å². The molecule has 2 N–H and O–H groups in total. The molecule has 0 unspecified atom stereocenters. The summed E-state index contributed by atoms with van der Waals surface area (Å²) in [5.41, 5.74) is -0.497. The van der Waals surface area contributed by atoms with Crippen LogP contribution >= 0.6 is 15.9 Å². The highest BCUT2D eigenvalue weighted by molar-refractivity contribution is 9.10. The third-order valence-corrected chi connectivity index (χ3v) is 2.63. The van der Waals surface area contributed by atoms with Crippen molar-refractivity contribution in [3.8, 4) is 5.75 Å². The summed E-state index contributed by atoms with van der Waals surface area (Å²) in [5, 5.41) is 10.5. The summed E-state index contributed by atoms with van der Waals surface area (Å²) in [7, 11) is 1.16. The van der Waals surface area contributed by atoms with E-state index in [0.717, 1.165) is 19.2 Å². The molecule has 1 aromatic carbocycles. The standard InChI is InChI=1S/C10H7BrF3NO4/c1-19-6-3-4(15-9(18)10(12,13)14)2-5(11)7(6)8(16)17/h2-3H,1H3,(H,15,18)(H,16,17). The number of carbonyl (C=O) groups is 2. The molecule has 0 saturated carbocycles. The number of aromatic carboxylic acids is 1. The minimum Gasteiger partial charge on any atom is -0.496 e. The molecule has 1 rings (SSSR count). The number of nitrogens with one attached hydrogen (secondary N) is 1. The third kappa shape index (κ3) is 3.60. The number of rotatable bonds is 3. The van der Waals surface area contributed by atoms with Gasteiger partial charge in [-0.3, -0.25) is 4.79 Å². The van der Waals surface area contributed by atoms with E-state index in [-0.39, 0.29) is 21.5 Å². The Kier molecular flexibility index (Phi) is 4.40. The largest absolute Gasteiger partial charge is 0.496 e. The van der Waals surface area contributed by atoms with Gasteiger partial charge in [-0.05, 0) is 22.0 Å². The first-order valence-electron chi connectivity index (χ1n) is 4.65. The molecule has 1 aromatic rings. The number of halogens is 4. The van der Waals surface area contributed by atoms with Crippen LogP contribution in [0.1, 0.15) is 10.4 Å². The molecule has 0 spiro atoms. The van der Waals surface area contributed by atoms with Crippen LogP contribution in [0.3, 0.4) is 0 Å². The van der Waals surface area contributed by atoms with Crippen molar-refractivity contribution >= 4 is 33.5 Å². The second-order valence-electron chi connectivity index (χ2n) is 3.29. The summed E-state index contributed by atoms with van der Waals surface area (Å²) < 4.78 is 41.0. The first-order valence-corrected chi connectivity index (χ1v) is 5.45. The molecule has 0 aromatic heterocycles. The van der Waals surface area contributed by atoms with Crippen molar-refractivity contribution in [2.45, 2.75) is 6.18 Å². The highest BCUT2D eigenvalue weighted by atomic mass is 79.9. The Hall–Kier alpha value is -1.77. The first kappa shape index (κ1) is 15.3. The average molecular weight is 342 g/mol. The maximum Gasteiger partial charge on any atom is 0.471 e. The molecule has 1 amide bonds. The quantitative estimate of drug-likeness (QED) is 0.886. The zero-order valence-electron chi connectivity index (χ0n) is 9.34. The Balaban J connectivity index is 3.16. The lowest BCUT2D eigenvalue weighted by Gasteiger charge is -2.12. The predicted molar refractivity (Wildman–Crippen MR) is 62.3 cm³/mol. The second kappa shape index (κ2) is 5.47. The van der Waals surface area contributed by atoms with Crippen LogP contribution < -0.4 is 10.1 Å². The number of ether oxygens (including phenoxy) is 1. The molecule has 0 saturated heterocycles. The summed E-state index contributed by atoms with van der Waals surface area (Å²) in [6.07, 6.45) is -5.04. The maximum absolute atomic E-state index is 12.1. The van der Waals surface area contributed by atoms with Gasteiger partial charge in [0.1, 0.15) is 11.3 Å². The molecule has 0 aliphatic heterocycles. The van der Waals surface area contributed by atoms with Gasteiger partial charge in [0.25, 0.3) is 0 Å². The van der Waals surface area contributed by atoms with E-state index < -0.39 is 18.1 Å². The predicted octanol–water partition coefficient (Wildman–Crippen LogP) is 2.66. The van der Waals surface area contributed by atoms with Gasteiger partial charge in [-0.25, -0.2) is 4.79 Å². The van der Waals surface area contributed by atoms with Crippen molar-refractivity contribution in [3.05, 3.63) is 22.2 Å². The van der Waals surface area contributed by atoms with E-state index in [2.05, 4.69) is 15.9 Å². The summed E-state index contributed by atoms with van der Waals surface area (Å²) >= 11 is 2.89. The molecule has 9 heteroatoms. The highest BCUT2D eigenvalue weighted by Crippen LogP contribution is 2.32. The third-order valence-electron chi connectivity index (χ3n) is 2.00. The van der Waals surface area contributed by atoms with Crippen LogP contribution in [0, 0.1) is 0 Å². The average Bonchev–Trinajstić information content (AvgIpc) is 2.25. The van der Waals surface area contributed by atoms with Crippen molar-refractivity contribution in [3.63, 3.8) is 0 Å². The maximum atomic E-state index is 12.1. The molecular weight excluding hydrogens is 335 g/mol. The van der Waals surface area contributed by atoms with Crippen LogP contribution in [0.25, 0.3) is 0 Å². The van der Waals surface area contributed by atoms with Gasteiger partial charge in [0, 0.05) is 16.2 Å². The van der Waals surface area contributed by atoms with Crippen LogP contribution in [-0.4, -0.2) is 30.3 Å². The topological polar surface area (TPSA) is 75.6 Å². The molecule has 0 aliphatic rings. The number of hydrogen-bond donors (Lipinski definition) is 2. The number of benzene rings is 1. The SMILES string of the molecule is COc1cc(NC(=O)C(F)(F)F)cc(Br)c1C(=O)O.